The first-order chi connectivity index (χ1) is 11.7. The quantitative estimate of drug-likeness (QED) is 0.645. The van der Waals surface area contributed by atoms with Crippen LogP contribution < -0.4 is 15.8 Å². The van der Waals surface area contributed by atoms with Crippen molar-refractivity contribution in [1.82, 2.24) is 10.9 Å². The van der Waals surface area contributed by atoms with Gasteiger partial charge in [-0.1, -0.05) is 0 Å². The third kappa shape index (κ3) is 3.94. The summed E-state index contributed by atoms with van der Waals surface area (Å²) in [6.07, 6.45) is 0. The highest BCUT2D eigenvalue weighted by Crippen LogP contribution is 2.24. The number of hydrogen-bond acceptors (Lipinski definition) is 6. The molecule has 0 spiro atoms. The van der Waals surface area contributed by atoms with E-state index in [-0.39, 0.29) is 11.3 Å². The molecule has 0 radical (unpaired) electrons. The number of non-ortho nitro benzene ring substituents is 1. The van der Waals surface area contributed by atoms with E-state index in [9.17, 15) is 19.7 Å². The van der Waals surface area contributed by atoms with Gasteiger partial charge in [0.05, 0.1) is 16.1 Å². The Kier molecular flexibility index (Phi) is 5.06. The van der Waals surface area contributed by atoms with Crippen molar-refractivity contribution >= 4 is 23.2 Å². The van der Waals surface area contributed by atoms with Crippen LogP contribution in [0.1, 0.15) is 32.2 Å². The van der Waals surface area contributed by atoms with E-state index in [1.165, 1.54) is 12.1 Å². The predicted molar refractivity (Wildman–Crippen MR) is 90.5 cm³/mol. The van der Waals surface area contributed by atoms with Crippen LogP contribution in [0, 0.1) is 24.0 Å². The molecule has 9 heteroatoms. The Morgan fingerprint density at radius 3 is 2.16 bits per heavy atom. The van der Waals surface area contributed by atoms with E-state index in [2.05, 4.69) is 10.9 Å². The fourth-order valence-corrected chi connectivity index (χ4v) is 2.31. The summed E-state index contributed by atoms with van der Waals surface area (Å²) in [7, 11) is 3.41. The number of rotatable bonds is 4. The van der Waals surface area contributed by atoms with Gasteiger partial charge in [0, 0.05) is 31.9 Å². The largest absolute Gasteiger partial charge is 0.466 e. The van der Waals surface area contributed by atoms with Crippen LogP contribution in [0.4, 0.5) is 11.4 Å². The summed E-state index contributed by atoms with van der Waals surface area (Å²) in [5.74, 6) is -0.214. The fourth-order valence-electron chi connectivity index (χ4n) is 2.31. The Balaban J connectivity index is 2.20. The molecule has 0 atom stereocenters. The van der Waals surface area contributed by atoms with Crippen LogP contribution in [0.15, 0.2) is 28.7 Å². The maximum Gasteiger partial charge on any atom is 0.273 e. The number of nitro groups is 1. The number of carbonyl (C=O) groups is 2. The van der Waals surface area contributed by atoms with Crippen LogP contribution in [0.2, 0.25) is 0 Å². The van der Waals surface area contributed by atoms with Gasteiger partial charge in [0.1, 0.15) is 11.5 Å². The van der Waals surface area contributed by atoms with Gasteiger partial charge in [0.15, 0.2) is 0 Å². The number of amides is 2. The molecule has 1 aromatic heterocycles. The molecule has 25 heavy (non-hydrogen) atoms. The molecule has 0 bridgehead atoms. The number of carbonyl (C=O) groups excluding carboxylic acids is 2. The second kappa shape index (κ2) is 7.04. The molecule has 2 aromatic rings. The molecule has 0 fully saturated rings. The van der Waals surface area contributed by atoms with Crippen LogP contribution in [0.3, 0.4) is 0 Å². The lowest BCUT2D eigenvalue weighted by molar-refractivity contribution is -0.384. The fraction of sp³-hybridized carbons (Fsp3) is 0.250. The molecule has 1 heterocycles. The third-order valence-corrected chi connectivity index (χ3v) is 3.49. The van der Waals surface area contributed by atoms with Crippen molar-refractivity contribution < 1.29 is 18.9 Å². The van der Waals surface area contributed by atoms with Crippen LogP contribution in [-0.4, -0.2) is 30.8 Å². The van der Waals surface area contributed by atoms with E-state index in [1.54, 1.807) is 38.9 Å². The highest BCUT2D eigenvalue weighted by atomic mass is 16.6. The van der Waals surface area contributed by atoms with E-state index in [1.807, 2.05) is 0 Å². The van der Waals surface area contributed by atoms with Crippen molar-refractivity contribution in [3.8, 4) is 0 Å². The highest BCUT2D eigenvalue weighted by Gasteiger charge is 2.19. The molecule has 0 aliphatic rings. The molecule has 0 unspecified atom stereocenters. The SMILES string of the molecule is Cc1cc(C(=O)NNC(=O)c2cc([N+](=O)[O-])ccc2N(C)C)c(C)o1. The van der Waals surface area contributed by atoms with Crippen molar-refractivity contribution in [2.24, 2.45) is 0 Å². The molecule has 0 saturated carbocycles. The van der Waals surface area contributed by atoms with Gasteiger partial charge >= 0.3 is 0 Å². The maximum absolute atomic E-state index is 12.4. The third-order valence-electron chi connectivity index (χ3n) is 3.49. The highest BCUT2D eigenvalue weighted by molar-refractivity contribution is 6.03. The van der Waals surface area contributed by atoms with Gasteiger partial charge in [-0.3, -0.25) is 30.6 Å². The number of benzene rings is 1. The number of nitrogens with one attached hydrogen (secondary N) is 2. The van der Waals surface area contributed by atoms with Gasteiger partial charge in [-0.05, 0) is 26.0 Å². The Morgan fingerprint density at radius 2 is 1.68 bits per heavy atom. The Bertz CT molecular complexity index is 841. The lowest BCUT2D eigenvalue weighted by atomic mass is 10.1. The van der Waals surface area contributed by atoms with E-state index in [4.69, 9.17) is 4.42 Å². The van der Waals surface area contributed by atoms with Gasteiger partial charge in [0.2, 0.25) is 0 Å². The van der Waals surface area contributed by atoms with Crippen LogP contribution >= 0.6 is 0 Å². The van der Waals surface area contributed by atoms with Gasteiger partial charge < -0.3 is 9.32 Å². The number of hydrazine groups is 1. The molecule has 2 N–H and O–H groups in total. The van der Waals surface area contributed by atoms with Crippen LogP contribution in [-0.2, 0) is 0 Å². The molecule has 2 rings (SSSR count). The number of hydrogen-bond donors (Lipinski definition) is 2. The topological polar surface area (TPSA) is 118 Å². The van der Waals surface area contributed by atoms with Gasteiger partial charge in [-0.25, -0.2) is 0 Å². The summed E-state index contributed by atoms with van der Waals surface area (Å²) in [6.45, 7) is 3.34. The second-order valence-corrected chi connectivity index (χ2v) is 5.59. The predicted octanol–water partition coefficient (Wildman–Crippen LogP) is 1.95. The van der Waals surface area contributed by atoms with E-state index < -0.39 is 16.7 Å². The minimum atomic E-state index is -0.668. The van der Waals surface area contributed by atoms with E-state index in [0.717, 1.165) is 6.07 Å². The summed E-state index contributed by atoms with van der Waals surface area (Å²) in [4.78, 5) is 36.5. The lowest BCUT2D eigenvalue weighted by Crippen LogP contribution is -2.42. The van der Waals surface area contributed by atoms with E-state index in [0.29, 0.717) is 22.8 Å². The molecule has 0 saturated heterocycles. The first kappa shape index (κ1) is 18.0. The monoisotopic (exact) mass is 346 g/mol. The first-order valence-electron chi connectivity index (χ1n) is 7.34. The molecule has 2 amide bonds. The van der Waals surface area contributed by atoms with Gasteiger partial charge in [-0.15, -0.1) is 0 Å². The summed E-state index contributed by atoms with van der Waals surface area (Å²) in [5, 5.41) is 10.9. The average Bonchev–Trinajstić information content (AvgIpc) is 2.90. The Hall–Kier alpha value is -3.36. The standard InChI is InChI=1S/C16H18N4O5/c1-9-7-12(10(2)25-9)15(21)17-18-16(22)13-8-11(20(23)24)5-6-14(13)19(3)4/h5-8H,1-4H3,(H,17,21)(H,18,22). The van der Waals surface area contributed by atoms with Crippen molar-refractivity contribution in [2.45, 2.75) is 13.8 Å². The zero-order valence-electron chi connectivity index (χ0n) is 14.2. The molecule has 9 nitrogen and oxygen atoms in total. The smallest absolute Gasteiger partial charge is 0.273 e. The second-order valence-electron chi connectivity index (χ2n) is 5.59. The Labute approximate surface area is 143 Å². The summed E-state index contributed by atoms with van der Waals surface area (Å²) in [5.41, 5.74) is 5.17. The van der Waals surface area contributed by atoms with Crippen molar-refractivity contribution in [2.75, 3.05) is 19.0 Å². The normalized spacial score (nSPS) is 10.2. The van der Waals surface area contributed by atoms with Crippen molar-refractivity contribution in [3.63, 3.8) is 0 Å². The lowest BCUT2D eigenvalue weighted by Gasteiger charge is -2.17. The first-order valence-corrected chi connectivity index (χ1v) is 7.34. The molecule has 132 valence electrons. The summed E-state index contributed by atoms with van der Waals surface area (Å²) in [6, 6.07) is 5.49. The minimum absolute atomic E-state index is 0.0691. The molecule has 1 aromatic carbocycles. The number of nitro benzene ring substituents is 1. The van der Waals surface area contributed by atoms with Crippen LogP contribution in [0.25, 0.3) is 0 Å². The summed E-state index contributed by atoms with van der Waals surface area (Å²) < 4.78 is 5.26. The zero-order valence-corrected chi connectivity index (χ0v) is 14.2. The van der Waals surface area contributed by atoms with E-state index >= 15 is 0 Å². The number of furan rings is 1. The summed E-state index contributed by atoms with van der Waals surface area (Å²) >= 11 is 0. The molecule has 0 aliphatic heterocycles. The maximum atomic E-state index is 12.4. The van der Waals surface area contributed by atoms with Gasteiger partial charge in [-0.2, -0.15) is 0 Å². The molecule has 0 aliphatic carbocycles. The minimum Gasteiger partial charge on any atom is -0.466 e. The van der Waals surface area contributed by atoms with Gasteiger partial charge in [0.25, 0.3) is 17.5 Å². The van der Waals surface area contributed by atoms with Crippen LogP contribution in [0.5, 0.6) is 0 Å². The van der Waals surface area contributed by atoms with Crippen molar-refractivity contribution in [3.05, 3.63) is 57.0 Å². The molecular weight excluding hydrogens is 328 g/mol. The van der Waals surface area contributed by atoms with Crippen molar-refractivity contribution in [1.29, 1.82) is 0 Å². The number of nitrogens with zero attached hydrogens (tertiary/aromatic N) is 2. The molecular formula is C16H18N4O5. The Morgan fingerprint density at radius 1 is 1.08 bits per heavy atom. The number of anilines is 1. The zero-order chi connectivity index (χ0) is 18.7. The number of aryl methyl sites for hydroxylation is 2. The average molecular weight is 346 g/mol.